The molecule has 0 saturated heterocycles. The van der Waals surface area contributed by atoms with Crippen LogP contribution in [0.25, 0.3) is 0 Å². The van der Waals surface area contributed by atoms with Gasteiger partial charge in [0, 0.05) is 18.2 Å². The molecule has 2 aromatic rings. The summed E-state index contributed by atoms with van der Waals surface area (Å²) in [6, 6.07) is 14.0. The monoisotopic (exact) mass is 275 g/mol. The van der Waals surface area contributed by atoms with Crippen molar-refractivity contribution in [2.75, 3.05) is 12.1 Å². The van der Waals surface area contributed by atoms with Gasteiger partial charge in [0.15, 0.2) is 11.5 Å². The molecule has 1 atom stereocenters. The van der Waals surface area contributed by atoms with E-state index in [1.165, 1.54) is 5.56 Å². The number of benzene rings is 2. The fourth-order valence-electron chi connectivity index (χ4n) is 2.09. The molecule has 1 aliphatic heterocycles. The highest BCUT2D eigenvalue weighted by Gasteiger charge is 2.17. The summed E-state index contributed by atoms with van der Waals surface area (Å²) in [7, 11) is 0. The molecule has 4 heteroatoms. The summed E-state index contributed by atoms with van der Waals surface area (Å²) in [5, 5.41) is 4.02. The maximum absolute atomic E-state index is 6.24. The van der Waals surface area contributed by atoms with Crippen LogP contribution >= 0.6 is 11.6 Å². The van der Waals surface area contributed by atoms with Crippen molar-refractivity contribution < 1.29 is 9.47 Å². The number of fused-ring (bicyclic) bond motifs is 1. The molecule has 0 aromatic heterocycles. The van der Waals surface area contributed by atoms with Crippen molar-refractivity contribution in [3.8, 4) is 11.5 Å². The molecule has 0 spiro atoms. The van der Waals surface area contributed by atoms with Crippen molar-refractivity contribution in [2.24, 2.45) is 0 Å². The van der Waals surface area contributed by atoms with Crippen LogP contribution in [-0.2, 0) is 0 Å². The normalized spacial score (nSPS) is 14.2. The van der Waals surface area contributed by atoms with Gasteiger partial charge in [-0.2, -0.15) is 0 Å². The predicted octanol–water partition coefficient (Wildman–Crippen LogP) is 4.24. The summed E-state index contributed by atoms with van der Waals surface area (Å²) >= 11 is 6.24. The maximum Gasteiger partial charge on any atom is 0.231 e. The van der Waals surface area contributed by atoms with Gasteiger partial charge in [0.05, 0.1) is 10.7 Å². The summed E-state index contributed by atoms with van der Waals surface area (Å²) in [6.07, 6.45) is 0. The molecule has 1 N–H and O–H groups in total. The quantitative estimate of drug-likeness (QED) is 0.909. The van der Waals surface area contributed by atoms with Crippen LogP contribution in [0.3, 0.4) is 0 Å². The number of nitrogens with one attached hydrogen (secondary N) is 1. The van der Waals surface area contributed by atoms with Crippen LogP contribution in [0.2, 0.25) is 5.02 Å². The summed E-state index contributed by atoms with van der Waals surface area (Å²) in [5.74, 6) is 1.43. The molecule has 0 radical (unpaired) electrons. The molecular formula is C15H14ClNO2. The van der Waals surface area contributed by atoms with Crippen LogP contribution in [-0.4, -0.2) is 6.79 Å². The second kappa shape index (κ2) is 5.02. The van der Waals surface area contributed by atoms with Gasteiger partial charge in [0.25, 0.3) is 0 Å². The number of hydrogen-bond acceptors (Lipinski definition) is 3. The van der Waals surface area contributed by atoms with Crippen molar-refractivity contribution in [3.63, 3.8) is 0 Å². The summed E-state index contributed by atoms with van der Waals surface area (Å²) in [5.41, 5.74) is 2.05. The second-order valence-corrected chi connectivity index (χ2v) is 4.87. The van der Waals surface area contributed by atoms with Crippen molar-refractivity contribution in [2.45, 2.75) is 13.0 Å². The lowest BCUT2D eigenvalue weighted by Gasteiger charge is -2.17. The van der Waals surface area contributed by atoms with Gasteiger partial charge in [-0.25, -0.2) is 0 Å². The van der Waals surface area contributed by atoms with E-state index < -0.39 is 0 Å². The highest BCUT2D eigenvalue weighted by molar-refractivity contribution is 6.33. The first kappa shape index (κ1) is 12.2. The highest BCUT2D eigenvalue weighted by Crippen LogP contribution is 2.40. The van der Waals surface area contributed by atoms with E-state index in [9.17, 15) is 0 Å². The minimum Gasteiger partial charge on any atom is -0.454 e. The molecule has 0 saturated carbocycles. The van der Waals surface area contributed by atoms with Gasteiger partial charge in [0.1, 0.15) is 0 Å². The summed E-state index contributed by atoms with van der Waals surface area (Å²) in [6.45, 7) is 2.35. The van der Waals surface area contributed by atoms with E-state index >= 15 is 0 Å². The van der Waals surface area contributed by atoms with Gasteiger partial charge in [0.2, 0.25) is 6.79 Å². The van der Waals surface area contributed by atoms with Crippen LogP contribution in [0, 0.1) is 0 Å². The highest BCUT2D eigenvalue weighted by atomic mass is 35.5. The van der Waals surface area contributed by atoms with E-state index in [1.54, 1.807) is 6.07 Å². The number of ether oxygens (including phenoxy) is 2. The van der Waals surface area contributed by atoms with Crippen molar-refractivity contribution in [1.29, 1.82) is 0 Å². The Hall–Kier alpha value is -1.87. The first-order valence-electron chi connectivity index (χ1n) is 6.14. The third-order valence-electron chi connectivity index (χ3n) is 3.13. The number of rotatable bonds is 3. The van der Waals surface area contributed by atoms with Crippen molar-refractivity contribution >= 4 is 17.3 Å². The molecule has 1 aliphatic rings. The molecule has 0 aliphatic carbocycles. The van der Waals surface area contributed by atoms with Gasteiger partial charge in [-0.15, -0.1) is 0 Å². The van der Waals surface area contributed by atoms with Gasteiger partial charge in [-0.1, -0.05) is 41.9 Å². The lowest BCUT2D eigenvalue weighted by atomic mass is 10.1. The predicted molar refractivity (Wildman–Crippen MR) is 76.1 cm³/mol. The Kier molecular flexibility index (Phi) is 3.22. The van der Waals surface area contributed by atoms with Crippen LogP contribution in [0.5, 0.6) is 11.5 Å². The molecule has 3 rings (SSSR count). The molecule has 1 heterocycles. The zero-order valence-electron chi connectivity index (χ0n) is 10.5. The van der Waals surface area contributed by atoms with Crippen LogP contribution < -0.4 is 14.8 Å². The average Bonchev–Trinajstić information content (AvgIpc) is 2.87. The van der Waals surface area contributed by atoms with Crippen molar-refractivity contribution in [3.05, 3.63) is 53.1 Å². The number of hydrogen-bond donors (Lipinski definition) is 1. The molecule has 19 heavy (non-hydrogen) atoms. The number of anilines is 1. The molecular weight excluding hydrogens is 262 g/mol. The van der Waals surface area contributed by atoms with Gasteiger partial charge >= 0.3 is 0 Å². The van der Waals surface area contributed by atoms with Gasteiger partial charge in [-0.3, -0.25) is 0 Å². The lowest BCUT2D eigenvalue weighted by Crippen LogP contribution is -2.06. The summed E-state index contributed by atoms with van der Waals surface area (Å²) < 4.78 is 10.6. The van der Waals surface area contributed by atoms with Gasteiger partial charge < -0.3 is 14.8 Å². The zero-order chi connectivity index (χ0) is 13.2. The van der Waals surface area contributed by atoms with E-state index in [-0.39, 0.29) is 12.8 Å². The largest absolute Gasteiger partial charge is 0.454 e. The molecule has 2 aromatic carbocycles. The van der Waals surface area contributed by atoms with Crippen molar-refractivity contribution in [1.82, 2.24) is 0 Å². The lowest BCUT2D eigenvalue weighted by molar-refractivity contribution is 0.174. The molecule has 98 valence electrons. The fraction of sp³-hybridized carbons (Fsp3) is 0.200. The van der Waals surface area contributed by atoms with Crippen LogP contribution in [0.1, 0.15) is 18.5 Å². The van der Waals surface area contributed by atoms with E-state index in [0.717, 1.165) is 11.4 Å². The Morgan fingerprint density at radius 1 is 1.11 bits per heavy atom. The standard InChI is InChI=1S/C15H14ClNO2/c1-10(11-5-3-2-4-6-11)17-13-8-15-14(7-12(13)16)18-9-19-15/h2-8,10,17H,9H2,1H3. The molecule has 0 fully saturated rings. The minimum atomic E-state index is 0.166. The second-order valence-electron chi connectivity index (χ2n) is 4.46. The molecule has 3 nitrogen and oxygen atoms in total. The van der Waals surface area contributed by atoms with Crippen LogP contribution in [0.4, 0.5) is 5.69 Å². The van der Waals surface area contributed by atoms with Gasteiger partial charge in [-0.05, 0) is 12.5 Å². The molecule has 1 unspecified atom stereocenters. The average molecular weight is 276 g/mol. The topological polar surface area (TPSA) is 30.5 Å². The van der Waals surface area contributed by atoms with E-state index in [4.69, 9.17) is 21.1 Å². The first-order chi connectivity index (χ1) is 9.24. The zero-order valence-corrected chi connectivity index (χ0v) is 11.3. The van der Waals surface area contributed by atoms with E-state index in [1.807, 2.05) is 24.3 Å². The smallest absolute Gasteiger partial charge is 0.231 e. The Bertz CT molecular complexity index is 586. The Labute approximate surface area is 117 Å². The van der Waals surface area contributed by atoms with E-state index in [0.29, 0.717) is 10.8 Å². The SMILES string of the molecule is CC(Nc1cc2c(cc1Cl)OCO2)c1ccccc1. The molecule has 0 bridgehead atoms. The Morgan fingerprint density at radius 3 is 2.53 bits per heavy atom. The fourth-order valence-corrected chi connectivity index (χ4v) is 2.29. The minimum absolute atomic E-state index is 0.166. The number of halogens is 1. The summed E-state index contributed by atoms with van der Waals surface area (Å²) in [4.78, 5) is 0. The Morgan fingerprint density at radius 2 is 1.79 bits per heavy atom. The van der Waals surface area contributed by atoms with E-state index in [2.05, 4.69) is 24.4 Å². The third-order valence-corrected chi connectivity index (χ3v) is 3.45. The van der Waals surface area contributed by atoms with Crippen LogP contribution in [0.15, 0.2) is 42.5 Å². The maximum atomic E-state index is 6.24. The molecule has 0 amide bonds. The first-order valence-corrected chi connectivity index (χ1v) is 6.52. The third kappa shape index (κ3) is 2.47. The Balaban J connectivity index is 1.84.